The lowest BCUT2D eigenvalue weighted by Crippen LogP contribution is -2.45. The quantitative estimate of drug-likeness (QED) is 0.380. The molecule has 1 aliphatic heterocycles. The minimum atomic E-state index is 0.242. The van der Waals surface area contributed by atoms with Crippen molar-refractivity contribution in [2.45, 2.75) is 45.6 Å². The average Bonchev–Trinajstić information content (AvgIpc) is 3.18. The summed E-state index contributed by atoms with van der Waals surface area (Å²) in [6, 6.07) is 4.28. The van der Waals surface area contributed by atoms with E-state index in [2.05, 4.69) is 40.4 Å². The Hall–Kier alpha value is -1.53. The number of likely N-dealkylation sites (tertiary alicyclic amines) is 1. The standard InChI is InChI=1S/C20H36N4O2/c1-17(2)9-14-25-15-10-22-20(21-3)23-16-18(19-8-7-13-26-19)24-11-5-4-6-12-24/h7-8,13,17-18H,4-6,9-12,14-16H2,1-3H3,(H2,21,22,23). The number of hydrogen-bond donors (Lipinski definition) is 2. The molecular weight excluding hydrogens is 328 g/mol. The van der Waals surface area contributed by atoms with Crippen molar-refractivity contribution in [2.75, 3.05) is 46.4 Å². The summed E-state index contributed by atoms with van der Waals surface area (Å²) in [7, 11) is 1.80. The zero-order chi connectivity index (χ0) is 18.6. The molecule has 0 aliphatic carbocycles. The van der Waals surface area contributed by atoms with Gasteiger partial charge in [-0.2, -0.15) is 0 Å². The first-order valence-corrected chi connectivity index (χ1v) is 10.0. The van der Waals surface area contributed by atoms with Gasteiger partial charge in [0, 0.05) is 26.7 Å². The Labute approximate surface area is 158 Å². The zero-order valence-corrected chi connectivity index (χ0v) is 16.7. The van der Waals surface area contributed by atoms with E-state index in [4.69, 9.17) is 9.15 Å². The van der Waals surface area contributed by atoms with Gasteiger partial charge in [-0.15, -0.1) is 0 Å². The molecule has 1 aromatic rings. The summed E-state index contributed by atoms with van der Waals surface area (Å²) >= 11 is 0. The van der Waals surface area contributed by atoms with Gasteiger partial charge in [0.2, 0.25) is 0 Å². The number of rotatable bonds is 10. The molecule has 0 aromatic carbocycles. The molecule has 0 bridgehead atoms. The van der Waals surface area contributed by atoms with Gasteiger partial charge in [0.05, 0.1) is 18.9 Å². The van der Waals surface area contributed by atoms with Crippen molar-refractivity contribution in [3.8, 4) is 0 Å². The van der Waals surface area contributed by atoms with E-state index in [1.54, 1.807) is 13.3 Å². The Morgan fingerprint density at radius 1 is 1.23 bits per heavy atom. The van der Waals surface area contributed by atoms with Gasteiger partial charge < -0.3 is 19.8 Å². The molecule has 26 heavy (non-hydrogen) atoms. The number of furan rings is 1. The topological polar surface area (TPSA) is 62.0 Å². The zero-order valence-electron chi connectivity index (χ0n) is 16.7. The first-order chi connectivity index (χ1) is 12.7. The van der Waals surface area contributed by atoms with Gasteiger partial charge in [-0.3, -0.25) is 9.89 Å². The Morgan fingerprint density at radius 3 is 2.69 bits per heavy atom. The van der Waals surface area contributed by atoms with Gasteiger partial charge in [-0.05, 0) is 50.4 Å². The van der Waals surface area contributed by atoms with E-state index in [0.717, 1.165) is 50.9 Å². The van der Waals surface area contributed by atoms with Crippen LogP contribution in [-0.4, -0.2) is 57.3 Å². The molecule has 0 radical (unpaired) electrons. The third kappa shape index (κ3) is 7.38. The molecule has 1 aromatic heterocycles. The summed E-state index contributed by atoms with van der Waals surface area (Å²) in [5.74, 6) is 2.52. The maximum absolute atomic E-state index is 5.70. The van der Waals surface area contributed by atoms with E-state index in [-0.39, 0.29) is 6.04 Å². The summed E-state index contributed by atoms with van der Waals surface area (Å²) in [5, 5.41) is 6.77. The smallest absolute Gasteiger partial charge is 0.191 e. The minimum Gasteiger partial charge on any atom is -0.468 e. The number of guanidine groups is 1. The van der Waals surface area contributed by atoms with Gasteiger partial charge in [0.15, 0.2) is 5.96 Å². The summed E-state index contributed by atoms with van der Waals surface area (Å²) in [6.45, 7) is 9.73. The summed E-state index contributed by atoms with van der Waals surface area (Å²) in [4.78, 5) is 6.83. The lowest BCUT2D eigenvalue weighted by Gasteiger charge is -2.33. The molecule has 2 rings (SSSR count). The average molecular weight is 365 g/mol. The molecule has 6 nitrogen and oxygen atoms in total. The first kappa shape index (κ1) is 20.8. The summed E-state index contributed by atoms with van der Waals surface area (Å²) in [5.41, 5.74) is 0. The number of ether oxygens (including phenoxy) is 1. The highest BCUT2D eigenvalue weighted by Gasteiger charge is 2.24. The molecule has 1 aliphatic rings. The fraction of sp³-hybridized carbons (Fsp3) is 0.750. The predicted octanol–water partition coefficient (Wildman–Crippen LogP) is 3.03. The second-order valence-corrected chi connectivity index (χ2v) is 7.30. The lowest BCUT2D eigenvalue weighted by atomic mass is 10.1. The normalized spacial score (nSPS) is 17.5. The van der Waals surface area contributed by atoms with Crippen LogP contribution in [0, 0.1) is 5.92 Å². The molecule has 148 valence electrons. The highest BCUT2D eigenvalue weighted by molar-refractivity contribution is 5.79. The number of piperidine rings is 1. The van der Waals surface area contributed by atoms with Crippen molar-refractivity contribution in [1.82, 2.24) is 15.5 Å². The molecular formula is C20H36N4O2. The van der Waals surface area contributed by atoms with Crippen molar-refractivity contribution in [3.05, 3.63) is 24.2 Å². The second kappa shape index (κ2) is 12.0. The van der Waals surface area contributed by atoms with E-state index < -0.39 is 0 Å². The minimum absolute atomic E-state index is 0.242. The monoisotopic (exact) mass is 364 g/mol. The third-order valence-corrected chi connectivity index (χ3v) is 4.77. The fourth-order valence-electron chi connectivity index (χ4n) is 3.20. The first-order valence-electron chi connectivity index (χ1n) is 10.0. The lowest BCUT2D eigenvalue weighted by molar-refractivity contribution is 0.127. The molecule has 0 saturated carbocycles. The van der Waals surface area contributed by atoms with E-state index in [0.29, 0.717) is 12.5 Å². The molecule has 1 atom stereocenters. The Morgan fingerprint density at radius 2 is 2.04 bits per heavy atom. The highest BCUT2D eigenvalue weighted by Crippen LogP contribution is 2.24. The Balaban J connectivity index is 1.75. The van der Waals surface area contributed by atoms with Crippen molar-refractivity contribution >= 4 is 5.96 Å². The maximum atomic E-state index is 5.70. The largest absolute Gasteiger partial charge is 0.468 e. The molecule has 2 N–H and O–H groups in total. The van der Waals surface area contributed by atoms with Crippen molar-refractivity contribution in [1.29, 1.82) is 0 Å². The van der Waals surface area contributed by atoms with Crippen LogP contribution in [0.1, 0.15) is 51.3 Å². The molecule has 1 fully saturated rings. The van der Waals surface area contributed by atoms with Crippen LogP contribution in [0.3, 0.4) is 0 Å². The van der Waals surface area contributed by atoms with Crippen LogP contribution in [0.2, 0.25) is 0 Å². The summed E-state index contributed by atoms with van der Waals surface area (Å²) < 4.78 is 11.3. The number of hydrogen-bond acceptors (Lipinski definition) is 4. The van der Waals surface area contributed by atoms with Gasteiger partial charge in [0.25, 0.3) is 0 Å². The van der Waals surface area contributed by atoms with E-state index in [9.17, 15) is 0 Å². The van der Waals surface area contributed by atoms with Crippen LogP contribution in [0.15, 0.2) is 27.8 Å². The fourth-order valence-corrected chi connectivity index (χ4v) is 3.20. The maximum Gasteiger partial charge on any atom is 0.191 e. The second-order valence-electron chi connectivity index (χ2n) is 7.30. The molecule has 1 saturated heterocycles. The Kier molecular flexibility index (Phi) is 9.56. The van der Waals surface area contributed by atoms with Crippen LogP contribution in [-0.2, 0) is 4.74 Å². The van der Waals surface area contributed by atoms with Gasteiger partial charge >= 0.3 is 0 Å². The Bertz CT molecular complexity index is 496. The van der Waals surface area contributed by atoms with Crippen molar-refractivity contribution in [3.63, 3.8) is 0 Å². The van der Waals surface area contributed by atoms with Crippen LogP contribution in [0.4, 0.5) is 0 Å². The van der Waals surface area contributed by atoms with Crippen LogP contribution in [0.25, 0.3) is 0 Å². The number of nitrogens with zero attached hydrogens (tertiary/aromatic N) is 2. The van der Waals surface area contributed by atoms with Crippen molar-refractivity contribution in [2.24, 2.45) is 10.9 Å². The predicted molar refractivity (Wildman–Crippen MR) is 107 cm³/mol. The molecule has 2 heterocycles. The number of nitrogens with one attached hydrogen (secondary N) is 2. The van der Waals surface area contributed by atoms with E-state index >= 15 is 0 Å². The van der Waals surface area contributed by atoms with Crippen LogP contribution >= 0.6 is 0 Å². The third-order valence-electron chi connectivity index (χ3n) is 4.77. The SMILES string of the molecule is CN=C(NCCOCCC(C)C)NCC(c1ccco1)N1CCCCC1. The van der Waals surface area contributed by atoms with Gasteiger partial charge in [-0.1, -0.05) is 20.3 Å². The van der Waals surface area contributed by atoms with Gasteiger partial charge in [0.1, 0.15) is 5.76 Å². The van der Waals surface area contributed by atoms with Crippen molar-refractivity contribution < 1.29 is 9.15 Å². The summed E-state index contributed by atoms with van der Waals surface area (Å²) in [6.07, 6.45) is 6.71. The molecule has 1 unspecified atom stereocenters. The molecule has 0 spiro atoms. The van der Waals surface area contributed by atoms with Gasteiger partial charge in [-0.25, -0.2) is 0 Å². The van der Waals surface area contributed by atoms with Crippen LogP contribution in [0.5, 0.6) is 0 Å². The van der Waals surface area contributed by atoms with E-state index in [1.165, 1.54) is 19.3 Å². The molecule has 0 amide bonds. The number of aliphatic imine (C=N–C) groups is 1. The van der Waals surface area contributed by atoms with E-state index in [1.807, 2.05) is 6.07 Å². The highest BCUT2D eigenvalue weighted by atomic mass is 16.5. The van der Waals surface area contributed by atoms with Crippen LogP contribution < -0.4 is 10.6 Å². The molecule has 6 heteroatoms.